The van der Waals surface area contributed by atoms with Crippen molar-refractivity contribution in [3.8, 4) is 0 Å². The van der Waals surface area contributed by atoms with E-state index < -0.39 is 0 Å². The standard InChI is InChI=1S/C12H24N2O2/c1-13-7-10-3-4-12(16-10)9-14-6-5-11(8-14)15-2/h10-13H,3-9H2,1-2H3. The minimum atomic E-state index is 0.427. The predicted molar refractivity (Wildman–Crippen MR) is 63.7 cm³/mol. The fraction of sp³-hybridized carbons (Fsp3) is 1.00. The first-order valence-corrected chi connectivity index (χ1v) is 6.37. The van der Waals surface area contributed by atoms with Crippen molar-refractivity contribution in [2.45, 2.75) is 37.6 Å². The zero-order valence-corrected chi connectivity index (χ0v) is 10.4. The Kier molecular flexibility index (Phi) is 4.58. The molecule has 2 rings (SSSR count). The molecular weight excluding hydrogens is 204 g/mol. The highest BCUT2D eigenvalue weighted by atomic mass is 16.5. The normalized spacial score (nSPS) is 36.0. The van der Waals surface area contributed by atoms with Crippen molar-refractivity contribution in [1.82, 2.24) is 10.2 Å². The van der Waals surface area contributed by atoms with E-state index in [-0.39, 0.29) is 0 Å². The summed E-state index contributed by atoms with van der Waals surface area (Å²) in [5.74, 6) is 0. The van der Waals surface area contributed by atoms with Gasteiger partial charge in [0.25, 0.3) is 0 Å². The lowest BCUT2D eigenvalue weighted by Gasteiger charge is -2.20. The summed E-state index contributed by atoms with van der Waals surface area (Å²) in [6.45, 7) is 4.30. The summed E-state index contributed by atoms with van der Waals surface area (Å²) in [6.07, 6.45) is 4.88. The Morgan fingerprint density at radius 1 is 1.31 bits per heavy atom. The fourth-order valence-electron chi connectivity index (χ4n) is 2.74. The molecule has 0 bridgehead atoms. The van der Waals surface area contributed by atoms with Gasteiger partial charge < -0.3 is 14.8 Å². The summed E-state index contributed by atoms with van der Waals surface area (Å²) >= 11 is 0. The highest BCUT2D eigenvalue weighted by Crippen LogP contribution is 2.22. The molecule has 2 saturated heterocycles. The molecule has 3 unspecified atom stereocenters. The monoisotopic (exact) mass is 228 g/mol. The summed E-state index contributed by atoms with van der Waals surface area (Å²) < 4.78 is 11.4. The first-order chi connectivity index (χ1) is 7.81. The molecule has 2 heterocycles. The molecule has 4 heteroatoms. The van der Waals surface area contributed by atoms with Crippen LogP contribution in [0.15, 0.2) is 0 Å². The molecule has 0 radical (unpaired) electrons. The third-order valence-electron chi connectivity index (χ3n) is 3.65. The molecule has 0 aromatic carbocycles. The number of nitrogens with zero attached hydrogens (tertiary/aromatic N) is 1. The van der Waals surface area contributed by atoms with Crippen LogP contribution in [0.4, 0.5) is 0 Å². The van der Waals surface area contributed by atoms with Crippen molar-refractivity contribution >= 4 is 0 Å². The van der Waals surface area contributed by atoms with Crippen molar-refractivity contribution in [3.05, 3.63) is 0 Å². The van der Waals surface area contributed by atoms with E-state index in [1.807, 2.05) is 14.2 Å². The summed E-state index contributed by atoms with van der Waals surface area (Å²) in [6, 6.07) is 0. The highest BCUT2D eigenvalue weighted by molar-refractivity contribution is 4.82. The lowest BCUT2D eigenvalue weighted by molar-refractivity contribution is 0.0246. The molecule has 0 aliphatic carbocycles. The van der Waals surface area contributed by atoms with Crippen LogP contribution in [-0.4, -0.2) is 63.5 Å². The van der Waals surface area contributed by atoms with E-state index >= 15 is 0 Å². The predicted octanol–water partition coefficient (Wildman–Crippen LogP) is 0.474. The maximum atomic E-state index is 5.99. The lowest BCUT2D eigenvalue weighted by atomic mass is 10.2. The average molecular weight is 228 g/mol. The molecule has 1 N–H and O–H groups in total. The van der Waals surface area contributed by atoms with E-state index in [2.05, 4.69) is 10.2 Å². The van der Waals surface area contributed by atoms with Gasteiger partial charge in [-0.3, -0.25) is 4.90 Å². The Morgan fingerprint density at radius 3 is 2.81 bits per heavy atom. The van der Waals surface area contributed by atoms with Gasteiger partial charge in [-0.25, -0.2) is 0 Å². The summed E-state index contributed by atoms with van der Waals surface area (Å²) in [4.78, 5) is 2.47. The van der Waals surface area contributed by atoms with E-state index in [0.29, 0.717) is 18.3 Å². The highest BCUT2D eigenvalue weighted by Gasteiger charge is 2.29. The minimum Gasteiger partial charge on any atom is -0.380 e. The van der Waals surface area contributed by atoms with Crippen LogP contribution in [-0.2, 0) is 9.47 Å². The number of nitrogens with one attached hydrogen (secondary N) is 1. The summed E-state index contributed by atoms with van der Waals surface area (Å²) in [5.41, 5.74) is 0. The van der Waals surface area contributed by atoms with Crippen LogP contribution >= 0.6 is 0 Å². The maximum absolute atomic E-state index is 5.99. The van der Waals surface area contributed by atoms with Gasteiger partial charge in [-0.15, -0.1) is 0 Å². The van der Waals surface area contributed by atoms with Gasteiger partial charge >= 0.3 is 0 Å². The molecule has 16 heavy (non-hydrogen) atoms. The van der Waals surface area contributed by atoms with Gasteiger partial charge in [-0.1, -0.05) is 0 Å². The Bertz CT molecular complexity index is 213. The van der Waals surface area contributed by atoms with E-state index in [4.69, 9.17) is 9.47 Å². The van der Waals surface area contributed by atoms with Crippen LogP contribution in [0.2, 0.25) is 0 Å². The number of likely N-dealkylation sites (tertiary alicyclic amines) is 1. The Morgan fingerprint density at radius 2 is 2.12 bits per heavy atom. The number of methoxy groups -OCH3 is 1. The van der Waals surface area contributed by atoms with Crippen LogP contribution in [0.1, 0.15) is 19.3 Å². The molecule has 2 aliphatic heterocycles. The van der Waals surface area contributed by atoms with Crippen LogP contribution < -0.4 is 5.32 Å². The SMILES string of the molecule is CNCC1CCC(CN2CCC(OC)C2)O1. The van der Waals surface area contributed by atoms with Crippen molar-refractivity contribution in [1.29, 1.82) is 0 Å². The van der Waals surface area contributed by atoms with Gasteiger partial charge in [0.05, 0.1) is 18.3 Å². The molecule has 2 aliphatic rings. The van der Waals surface area contributed by atoms with Crippen molar-refractivity contribution in [2.75, 3.05) is 40.3 Å². The van der Waals surface area contributed by atoms with Crippen molar-refractivity contribution < 1.29 is 9.47 Å². The Balaban J connectivity index is 1.67. The molecule has 0 saturated carbocycles. The van der Waals surface area contributed by atoms with Gasteiger partial charge in [-0.2, -0.15) is 0 Å². The number of ether oxygens (including phenoxy) is 2. The maximum Gasteiger partial charge on any atom is 0.0710 e. The quantitative estimate of drug-likeness (QED) is 0.742. The first-order valence-electron chi connectivity index (χ1n) is 6.37. The second kappa shape index (κ2) is 5.96. The van der Waals surface area contributed by atoms with Crippen LogP contribution in [0.25, 0.3) is 0 Å². The fourth-order valence-corrected chi connectivity index (χ4v) is 2.74. The third-order valence-corrected chi connectivity index (χ3v) is 3.65. The zero-order valence-electron chi connectivity index (χ0n) is 10.4. The Labute approximate surface area is 98.3 Å². The van der Waals surface area contributed by atoms with Gasteiger partial charge in [0.15, 0.2) is 0 Å². The van der Waals surface area contributed by atoms with Crippen LogP contribution in [0.5, 0.6) is 0 Å². The molecule has 0 amide bonds. The third kappa shape index (κ3) is 3.17. The second-order valence-corrected chi connectivity index (χ2v) is 4.92. The van der Waals surface area contributed by atoms with E-state index in [1.54, 1.807) is 0 Å². The Hall–Kier alpha value is -0.160. The molecule has 0 spiro atoms. The number of rotatable bonds is 5. The van der Waals surface area contributed by atoms with Gasteiger partial charge in [-0.05, 0) is 26.3 Å². The number of likely N-dealkylation sites (N-methyl/N-ethyl adjacent to an activating group) is 1. The molecule has 0 aromatic heterocycles. The zero-order chi connectivity index (χ0) is 11.4. The van der Waals surface area contributed by atoms with Crippen molar-refractivity contribution in [2.24, 2.45) is 0 Å². The molecule has 94 valence electrons. The molecular formula is C12H24N2O2. The first kappa shape index (κ1) is 12.3. The van der Waals surface area contributed by atoms with E-state index in [1.165, 1.54) is 19.3 Å². The van der Waals surface area contributed by atoms with E-state index in [0.717, 1.165) is 26.2 Å². The molecule has 2 fully saturated rings. The van der Waals surface area contributed by atoms with Crippen molar-refractivity contribution in [3.63, 3.8) is 0 Å². The molecule has 3 atom stereocenters. The number of hydrogen-bond acceptors (Lipinski definition) is 4. The van der Waals surface area contributed by atoms with Crippen LogP contribution in [0, 0.1) is 0 Å². The van der Waals surface area contributed by atoms with Crippen LogP contribution in [0.3, 0.4) is 0 Å². The second-order valence-electron chi connectivity index (χ2n) is 4.92. The average Bonchev–Trinajstić information content (AvgIpc) is 2.89. The minimum absolute atomic E-state index is 0.427. The topological polar surface area (TPSA) is 33.7 Å². The van der Waals surface area contributed by atoms with Gasteiger partial charge in [0, 0.05) is 33.3 Å². The van der Waals surface area contributed by atoms with Gasteiger partial charge in [0.1, 0.15) is 0 Å². The van der Waals surface area contributed by atoms with E-state index in [9.17, 15) is 0 Å². The molecule has 4 nitrogen and oxygen atoms in total. The molecule has 0 aromatic rings. The van der Waals surface area contributed by atoms with Gasteiger partial charge in [0.2, 0.25) is 0 Å². The largest absolute Gasteiger partial charge is 0.380 e. The number of hydrogen-bond donors (Lipinski definition) is 1. The summed E-state index contributed by atoms with van der Waals surface area (Å²) in [5, 5.41) is 3.18. The summed E-state index contributed by atoms with van der Waals surface area (Å²) in [7, 11) is 3.80. The lowest BCUT2D eigenvalue weighted by Crippen LogP contribution is -2.33. The smallest absolute Gasteiger partial charge is 0.0710 e.